The second kappa shape index (κ2) is 7.82. The normalized spacial score (nSPS) is 17.8. The van der Waals surface area contributed by atoms with Crippen molar-refractivity contribution in [3.05, 3.63) is 64.2 Å². The van der Waals surface area contributed by atoms with Gasteiger partial charge < -0.3 is 14.8 Å². The Kier molecular flexibility index (Phi) is 4.86. The molecule has 3 aromatic rings. The highest BCUT2D eigenvalue weighted by atomic mass is 16.6. The summed E-state index contributed by atoms with van der Waals surface area (Å²) in [6.07, 6.45) is 3.66. The van der Waals surface area contributed by atoms with Gasteiger partial charge in [-0.15, -0.1) is 0 Å². The molecule has 0 fully saturated rings. The van der Waals surface area contributed by atoms with Crippen molar-refractivity contribution >= 4 is 16.8 Å². The summed E-state index contributed by atoms with van der Waals surface area (Å²) in [6, 6.07) is 12.6. The maximum absolute atomic E-state index is 12.8. The fraction of sp³-hybridized carbons (Fsp3) is 0.348. The van der Waals surface area contributed by atoms with Gasteiger partial charge in [0.1, 0.15) is 18.5 Å². The van der Waals surface area contributed by atoms with Crippen LogP contribution in [0.4, 0.5) is 0 Å². The molecule has 1 N–H and O–H groups in total. The molecule has 0 bridgehead atoms. The molecule has 1 atom stereocenters. The molecule has 154 valence electrons. The third-order valence-corrected chi connectivity index (χ3v) is 5.64. The Morgan fingerprint density at radius 2 is 2.00 bits per heavy atom. The predicted molar refractivity (Wildman–Crippen MR) is 112 cm³/mol. The van der Waals surface area contributed by atoms with E-state index < -0.39 is 0 Å². The molecule has 0 saturated carbocycles. The number of rotatable bonds is 3. The molecular formula is C23H23N3O4. The van der Waals surface area contributed by atoms with Gasteiger partial charge in [0.05, 0.1) is 17.4 Å². The number of para-hydroxylation sites is 2. The Bertz CT molecular complexity index is 1170. The van der Waals surface area contributed by atoms with Crippen molar-refractivity contribution in [1.82, 2.24) is 14.9 Å². The Balaban J connectivity index is 1.32. The van der Waals surface area contributed by atoms with Crippen molar-refractivity contribution in [2.24, 2.45) is 0 Å². The fourth-order valence-corrected chi connectivity index (χ4v) is 4.03. The summed E-state index contributed by atoms with van der Waals surface area (Å²) >= 11 is 0. The molecule has 2 aromatic carbocycles. The first kappa shape index (κ1) is 18.7. The summed E-state index contributed by atoms with van der Waals surface area (Å²) in [5.41, 5.74) is 1.03. The summed E-state index contributed by atoms with van der Waals surface area (Å²) < 4.78 is 13.4. The maximum atomic E-state index is 12.8. The fourth-order valence-electron chi connectivity index (χ4n) is 4.03. The van der Waals surface area contributed by atoms with Crippen molar-refractivity contribution in [3.63, 3.8) is 0 Å². The van der Waals surface area contributed by atoms with E-state index in [0.29, 0.717) is 47.7 Å². The summed E-state index contributed by atoms with van der Waals surface area (Å²) in [4.78, 5) is 30.2. The van der Waals surface area contributed by atoms with Gasteiger partial charge in [-0.2, -0.15) is 0 Å². The molecule has 2 aliphatic heterocycles. The zero-order valence-electron chi connectivity index (χ0n) is 16.6. The van der Waals surface area contributed by atoms with E-state index in [1.165, 1.54) is 0 Å². The number of carbonyl (C=O) groups excluding carboxylic acids is 1. The van der Waals surface area contributed by atoms with Crippen LogP contribution in [0.2, 0.25) is 0 Å². The van der Waals surface area contributed by atoms with E-state index in [1.54, 1.807) is 22.8 Å². The number of hydrogen-bond acceptors (Lipinski definition) is 5. The van der Waals surface area contributed by atoms with Crippen LogP contribution < -0.4 is 20.3 Å². The van der Waals surface area contributed by atoms with Gasteiger partial charge in [-0.05, 0) is 43.2 Å². The average Bonchev–Trinajstić information content (AvgIpc) is 3.03. The zero-order chi connectivity index (χ0) is 20.5. The number of benzene rings is 2. The minimum absolute atomic E-state index is 0.0183. The molecule has 2 aliphatic rings. The first-order valence-electron chi connectivity index (χ1n) is 10.4. The van der Waals surface area contributed by atoms with Crippen molar-refractivity contribution in [2.75, 3.05) is 13.2 Å². The Morgan fingerprint density at radius 1 is 1.13 bits per heavy atom. The van der Waals surface area contributed by atoms with E-state index in [1.807, 2.05) is 24.3 Å². The standard InChI is InChI=1S/C23H23N3O4/c27-22(24-13-16-14-29-19-6-3-4-7-20(19)30-16)15-9-10-17-18(12-15)25-21-8-2-1-5-11-26(21)23(17)28/h3-4,6-7,9-10,12,16H,1-2,5,8,11,13-14H2,(H,24,27)/t16-/m0/s1. The van der Waals surface area contributed by atoms with E-state index in [-0.39, 0.29) is 17.6 Å². The van der Waals surface area contributed by atoms with Crippen LogP contribution in [0.15, 0.2) is 47.3 Å². The number of amides is 1. The van der Waals surface area contributed by atoms with Crippen LogP contribution in [0, 0.1) is 0 Å². The van der Waals surface area contributed by atoms with Crippen LogP contribution in [0.1, 0.15) is 35.4 Å². The second-order valence-corrected chi connectivity index (χ2v) is 7.74. The number of fused-ring (bicyclic) bond motifs is 3. The van der Waals surface area contributed by atoms with E-state index in [9.17, 15) is 9.59 Å². The van der Waals surface area contributed by atoms with Gasteiger partial charge in [0, 0.05) is 18.5 Å². The number of nitrogens with one attached hydrogen (secondary N) is 1. The second-order valence-electron chi connectivity index (χ2n) is 7.74. The van der Waals surface area contributed by atoms with Gasteiger partial charge in [-0.3, -0.25) is 14.2 Å². The lowest BCUT2D eigenvalue weighted by atomic mass is 10.1. The highest BCUT2D eigenvalue weighted by Crippen LogP contribution is 2.30. The molecule has 3 heterocycles. The molecular weight excluding hydrogens is 382 g/mol. The van der Waals surface area contributed by atoms with Crippen LogP contribution in [0.25, 0.3) is 10.9 Å². The summed E-state index contributed by atoms with van der Waals surface area (Å²) in [5, 5.41) is 3.45. The molecule has 1 amide bonds. The van der Waals surface area contributed by atoms with Gasteiger partial charge in [-0.1, -0.05) is 18.6 Å². The van der Waals surface area contributed by atoms with Crippen LogP contribution in [-0.2, 0) is 13.0 Å². The van der Waals surface area contributed by atoms with E-state index in [2.05, 4.69) is 5.32 Å². The Hall–Kier alpha value is -3.35. The maximum Gasteiger partial charge on any atom is 0.261 e. The minimum Gasteiger partial charge on any atom is -0.486 e. The largest absolute Gasteiger partial charge is 0.486 e. The van der Waals surface area contributed by atoms with Gasteiger partial charge in [0.15, 0.2) is 11.5 Å². The quantitative estimate of drug-likeness (QED) is 0.725. The van der Waals surface area contributed by atoms with Crippen LogP contribution in [0.3, 0.4) is 0 Å². The molecule has 0 aliphatic carbocycles. The van der Waals surface area contributed by atoms with Gasteiger partial charge in [0.25, 0.3) is 11.5 Å². The number of aromatic nitrogens is 2. The van der Waals surface area contributed by atoms with Crippen LogP contribution in [0.5, 0.6) is 11.5 Å². The molecule has 0 saturated heterocycles. The van der Waals surface area contributed by atoms with Crippen molar-refractivity contribution in [2.45, 2.75) is 38.3 Å². The molecule has 7 heteroatoms. The van der Waals surface area contributed by atoms with Crippen molar-refractivity contribution in [3.8, 4) is 11.5 Å². The summed E-state index contributed by atoms with van der Waals surface area (Å²) in [5.74, 6) is 1.98. The average molecular weight is 405 g/mol. The van der Waals surface area contributed by atoms with Crippen molar-refractivity contribution in [1.29, 1.82) is 0 Å². The minimum atomic E-state index is -0.261. The first-order valence-corrected chi connectivity index (χ1v) is 10.4. The predicted octanol–water partition coefficient (Wildman–Crippen LogP) is 2.69. The number of nitrogens with zero attached hydrogens (tertiary/aromatic N) is 2. The smallest absolute Gasteiger partial charge is 0.261 e. The topological polar surface area (TPSA) is 82.5 Å². The molecule has 7 nitrogen and oxygen atoms in total. The van der Waals surface area contributed by atoms with Crippen LogP contribution in [-0.4, -0.2) is 34.7 Å². The highest BCUT2D eigenvalue weighted by Gasteiger charge is 2.21. The molecule has 0 spiro atoms. The SMILES string of the molecule is O=C(NC[C@H]1COc2ccccc2O1)c1ccc2c(=O)n3c(nc2c1)CCCCC3. The molecule has 0 unspecified atom stereocenters. The van der Waals surface area contributed by atoms with E-state index in [0.717, 1.165) is 31.5 Å². The lowest BCUT2D eigenvalue weighted by Gasteiger charge is -2.26. The van der Waals surface area contributed by atoms with E-state index >= 15 is 0 Å². The molecule has 30 heavy (non-hydrogen) atoms. The zero-order valence-corrected chi connectivity index (χ0v) is 16.6. The highest BCUT2D eigenvalue weighted by molar-refractivity contribution is 5.97. The molecule has 0 radical (unpaired) electrons. The lowest BCUT2D eigenvalue weighted by Crippen LogP contribution is -2.40. The summed E-state index contributed by atoms with van der Waals surface area (Å²) in [6.45, 7) is 1.41. The Morgan fingerprint density at radius 3 is 2.90 bits per heavy atom. The van der Waals surface area contributed by atoms with Crippen molar-refractivity contribution < 1.29 is 14.3 Å². The van der Waals surface area contributed by atoms with Gasteiger partial charge >= 0.3 is 0 Å². The lowest BCUT2D eigenvalue weighted by molar-refractivity contribution is 0.0789. The third kappa shape index (κ3) is 3.51. The van der Waals surface area contributed by atoms with E-state index in [4.69, 9.17) is 14.5 Å². The van der Waals surface area contributed by atoms with Crippen LogP contribution >= 0.6 is 0 Å². The number of ether oxygens (including phenoxy) is 2. The number of aryl methyl sites for hydroxylation is 1. The summed E-state index contributed by atoms with van der Waals surface area (Å²) in [7, 11) is 0. The third-order valence-electron chi connectivity index (χ3n) is 5.64. The molecule has 1 aromatic heterocycles. The van der Waals surface area contributed by atoms with Gasteiger partial charge in [-0.25, -0.2) is 4.98 Å². The number of hydrogen-bond donors (Lipinski definition) is 1. The molecule has 5 rings (SSSR count). The Labute approximate surface area is 173 Å². The first-order chi connectivity index (χ1) is 14.7. The van der Waals surface area contributed by atoms with Gasteiger partial charge in [0.2, 0.25) is 0 Å². The number of carbonyl (C=O) groups is 1. The monoisotopic (exact) mass is 405 g/mol.